The third-order valence-electron chi connectivity index (χ3n) is 3.26. The minimum atomic E-state index is 0.287. The van der Waals surface area contributed by atoms with Gasteiger partial charge in [-0.05, 0) is 36.8 Å². The van der Waals surface area contributed by atoms with Crippen molar-refractivity contribution in [2.24, 2.45) is 0 Å². The second kappa shape index (κ2) is 8.08. The molecule has 21 heavy (non-hydrogen) atoms. The van der Waals surface area contributed by atoms with E-state index in [0.29, 0.717) is 6.61 Å². The number of benzene rings is 1. The third kappa shape index (κ3) is 4.94. The van der Waals surface area contributed by atoms with E-state index in [1.165, 1.54) is 5.56 Å². The van der Waals surface area contributed by atoms with Gasteiger partial charge in [0.2, 0.25) is 0 Å². The smallest absolute Gasteiger partial charge is 0.148 e. The molecule has 0 aliphatic carbocycles. The number of rotatable bonds is 7. The molecule has 0 unspecified atom stereocenters. The quantitative estimate of drug-likeness (QED) is 0.792. The second-order valence-electron chi connectivity index (χ2n) is 4.81. The Morgan fingerprint density at radius 1 is 1.24 bits per heavy atom. The van der Waals surface area contributed by atoms with E-state index in [1.54, 1.807) is 0 Å². The zero-order valence-electron chi connectivity index (χ0n) is 12.3. The zero-order chi connectivity index (χ0) is 14.9. The van der Waals surface area contributed by atoms with Crippen LogP contribution in [0.15, 0.2) is 48.7 Å². The molecule has 2 rings (SSSR count). The number of hydrogen-bond donors (Lipinski definition) is 1. The molecule has 0 saturated carbocycles. The molecule has 0 fully saturated rings. The molecule has 1 aromatic heterocycles. The number of nitrogens with zero attached hydrogens (tertiary/aromatic N) is 1. The van der Waals surface area contributed by atoms with Gasteiger partial charge in [-0.3, -0.25) is 4.98 Å². The highest BCUT2D eigenvalue weighted by atomic mass is 16.5. The summed E-state index contributed by atoms with van der Waals surface area (Å²) < 4.78 is 5.36. The van der Waals surface area contributed by atoms with Crippen molar-refractivity contribution in [3.63, 3.8) is 0 Å². The fraction of sp³-hybridized carbons (Fsp3) is 0.278. The molecular formula is C18H20N2O. The van der Waals surface area contributed by atoms with Gasteiger partial charge in [-0.15, -0.1) is 6.42 Å². The molecule has 0 radical (unpaired) electrons. The van der Waals surface area contributed by atoms with Crippen LogP contribution in [0, 0.1) is 12.3 Å². The van der Waals surface area contributed by atoms with Crippen molar-refractivity contribution in [1.82, 2.24) is 10.3 Å². The summed E-state index contributed by atoms with van der Waals surface area (Å²) in [4.78, 5) is 4.32. The Bertz CT molecular complexity index is 572. The summed E-state index contributed by atoms with van der Waals surface area (Å²) in [6.07, 6.45) is 7.92. The van der Waals surface area contributed by atoms with Gasteiger partial charge in [-0.1, -0.05) is 24.1 Å². The van der Waals surface area contributed by atoms with Crippen LogP contribution in [0.2, 0.25) is 0 Å². The maximum atomic E-state index is 5.36. The van der Waals surface area contributed by atoms with Crippen LogP contribution in [0.4, 0.5) is 0 Å². The topological polar surface area (TPSA) is 34.1 Å². The fourth-order valence-corrected chi connectivity index (χ4v) is 2.06. The van der Waals surface area contributed by atoms with Crippen LogP contribution in [0.1, 0.15) is 24.2 Å². The average Bonchev–Trinajstić information content (AvgIpc) is 2.54. The number of hydrogen-bond acceptors (Lipinski definition) is 3. The van der Waals surface area contributed by atoms with Crippen molar-refractivity contribution in [2.45, 2.75) is 19.4 Å². The van der Waals surface area contributed by atoms with E-state index in [9.17, 15) is 0 Å². The largest absolute Gasteiger partial charge is 0.481 e. The molecule has 0 bridgehead atoms. The first-order chi connectivity index (χ1) is 10.3. The van der Waals surface area contributed by atoms with Gasteiger partial charge in [0.1, 0.15) is 12.4 Å². The maximum Gasteiger partial charge on any atom is 0.148 e. The SMILES string of the molecule is C#CCOc1ccc([C@H](C)NCCc2ccccn2)cc1. The Hall–Kier alpha value is -2.31. The first-order valence-corrected chi connectivity index (χ1v) is 7.09. The highest BCUT2D eigenvalue weighted by molar-refractivity contribution is 5.29. The summed E-state index contributed by atoms with van der Waals surface area (Å²) >= 11 is 0. The van der Waals surface area contributed by atoms with Crippen molar-refractivity contribution >= 4 is 0 Å². The Morgan fingerprint density at radius 2 is 2.05 bits per heavy atom. The second-order valence-corrected chi connectivity index (χ2v) is 4.81. The van der Waals surface area contributed by atoms with Crippen LogP contribution in [-0.4, -0.2) is 18.1 Å². The Morgan fingerprint density at radius 3 is 2.71 bits per heavy atom. The zero-order valence-corrected chi connectivity index (χ0v) is 12.3. The average molecular weight is 280 g/mol. The van der Waals surface area contributed by atoms with Crippen LogP contribution in [0.3, 0.4) is 0 Å². The van der Waals surface area contributed by atoms with Gasteiger partial charge in [-0.25, -0.2) is 0 Å². The van der Waals surface area contributed by atoms with E-state index >= 15 is 0 Å². The Labute approximate surface area is 126 Å². The van der Waals surface area contributed by atoms with Crippen molar-refractivity contribution in [3.05, 3.63) is 59.9 Å². The van der Waals surface area contributed by atoms with Crippen molar-refractivity contribution in [2.75, 3.05) is 13.2 Å². The Balaban J connectivity index is 1.80. The number of aromatic nitrogens is 1. The first kappa shape index (κ1) is 15.1. The van der Waals surface area contributed by atoms with Crippen molar-refractivity contribution in [1.29, 1.82) is 0 Å². The van der Waals surface area contributed by atoms with Gasteiger partial charge in [0, 0.05) is 30.9 Å². The standard InChI is InChI=1S/C18H20N2O/c1-3-14-21-18-9-7-16(8-10-18)15(2)19-13-11-17-6-4-5-12-20-17/h1,4-10,12,15,19H,11,13-14H2,2H3/t15-/m0/s1. The summed E-state index contributed by atoms with van der Waals surface area (Å²) in [6, 6.07) is 14.3. The van der Waals surface area contributed by atoms with E-state index in [0.717, 1.165) is 24.4 Å². The molecule has 0 amide bonds. The highest BCUT2D eigenvalue weighted by Crippen LogP contribution is 2.17. The number of pyridine rings is 1. The number of nitrogens with one attached hydrogen (secondary N) is 1. The molecule has 0 aliphatic heterocycles. The summed E-state index contributed by atoms with van der Waals surface area (Å²) in [6.45, 7) is 3.35. The van der Waals surface area contributed by atoms with Crippen LogP contribution >= 0.6 is 0 Å². The normalized spacial score (nSPS) is 11.6. The molecule has 0 aliphatic rings. The number of ether oxygens (including phenoxy) is 1. The summed E-state index contributed by atoms with van der Waals surface area (Å²) in [5.41, 5.74) is 2.33. The minimum absolute atomic E-state index is 0.287. The van der Waals surface area contributed by atoms with E-state index in [2.05, 4.69) is 35.3 Å². The first-order valence-electron chi connectivity index (χ1n) is 7.09. The molecule has 2 aromatic rings. The van der Waals surface area contributed by atoms with E-state index < -0.39 is 0 Å². The molecule has 108 valence electrons. The molecule has 1 atom stereocenters. The van der Waals surface area contributed by atoms with Crippen LogP contribution in [0.5, 0.6) is 5.75 Å². The molecule has 3 heteroatoms. The number of terminal acetylenes is 1. The van der Waals surface area contributed by atoms with Gasteiger partial charge in [0.15, 0.2) is 0 Å². The van der Waals surface area contributed by atoms with Gasteiger partial charge >= 0.3 is 0 Å². The molecule has 1 aromatic carbocycles. The predicted octanol–water partition coefficient (Wildman–Crippen LogP) is 2.99. The molecule has 1 heterocycles. The lowest BCUT2D eigenvalue weighted by molar-refractivity contribution is 0.370. The maximum absolute atomic E-state index is 5.36. The Kier molecular flexibility index (Phi) is 5.81. The lowest BCUT2D eigenvalue weighted by atomic mass is 10.1. The molecule has 1 N–H and O–H groups in total. The fourth-order valence-electron chi connectivity index (χ4n) is 2.06. The highest BCUT2D eigenvalue weighted by Gasteiger charge is 2.05. The molecular weight excluding hydrogens is 260 g/mol. The van der Waals surface area contributed by atoms with Gasteiger partial charge in [-0.2, -0.15) is 0 Å². The summed E-state index contributed by atoms with van der Waals surface area (Å²) in [5.74, 6) is 3.26. The predicted molar refractivity (Wildman–Crippen MR) is 85.1 cm³/mol. The molecule has 3 nitrogen and oxygen atoms in total. The molecule has 0 spiro atoms. The van der Waals surface area contributed by atoms with Gasteiger partial charge < -0.3 is 10.1 Å². The van der Waals surface area contributed by atoms with Gasteiger partial charge in [0.05, 0.1) is 0 Å². The van der Waals surface area contributed by atoms with Crippen LogP contribution < -0.4 is 10.1 Å². The summed E-state index contributed by atoms with van der Waals surface area (Å²) in [7, 11) is 0. The van der Waals surface area contributed by atoms with Crippen LogP contribution in [-0.2, 0) is 6.42 Å². The van der Waals surface area contributed by atoms with Crippen molar-refractivity contribution < 1.29 is 4.74 Å². The minimum Gasteiger partial charge on any atom is -0.481 e. The third-order valence-corrected chi connectivity index (χ3v) is 3.26. The lowest BCUT2D eigenvalue weighted by Gasteiger charge is -2.14. The summed E-state index contributed by atoms with van der Waals surface area (Å²) in [5, 5.41) is 3.50. The van der Waals surface area contributed by atoms with Crippen LogP contribution in [0.25, 0.3) is 0 Å². The molecule has 0 saturated heterocycles. The van der Waals surface area contributed by atoms with E-state index in [4.69, 9.17) is 11.2 Å². The lowest BCUT2D eigenvalue weighted by Crippen LogP contribution is -2.21. The van der Waals surface area contributed by atoms with E-state index in [1.807, 2.05) is 36.5 Å². The monoisotopic (exact) mass is 280 g/mol. The van der Waals surface area contributed by atoms with E-state index in [-0.39, 0.29) is 6.04 Å². The van der Waals surface area contributed by atoms with Gasteiger partial charge in [0.25, 0.3) is 0 Å². The van der Waals surface area contributed by atoms with Crippen molar-refractivity contribution in [3.8, 4) is 18.1 Å².